The minimum Gasteiger partial charge on any atom is -0.461 e. The Labute approximate surface area is 111 Å². The van der Waals surface area contributed by atoms with Crippen molar-refractivity contribution in [1.82, 2.24) is 0 Å². The molecule has 1 saturated carbocycles. The van der Waals surface area contributed by atoms with Gasteiger partial charge in [0.05, 0.1) is 6.61 Å². The van der Waals surface area contributed by atoms with Crippen LogP contribution < -0.4 is 0 Å². The predicted octanol–water partition coefficient (Wildman–Crippen LogP) is 2.49. The molecule has 4 nitrogen and oxygen atoms in total. The van der Waals surface area contributed by atoms with Gasteiger partial charge in [0.15, 0.2) is 0 Å². The molecule has 0 unspecified atom stereocenters. The fourth-order valence-corrected chi connectivity index (χ4v) is 2.44. The highest BCUT2D eigenvalue weighted by Gasteiger charge is 2.58. The largest absolute Gasteiger partial charge is 0.461 e. The summed E-state index contributed by atoms with van der Waals surface area (Å²) in [5, 5.41) is 0. The zero-order valence-corrected chi connectivity index (χ0v) is 11.3. The van der Waals surface area contributed by atoms with Crippen molar-refractivity contribution in [1.29, 1.82) is 0 Å². The van der Waals surface area contributed by atoms with Crippen LogP contribution in [0.15, 0.2) is 0 Å². The molecule has 0 saturated heterocycles. The van der Waals surface area contributed by atoms with Crippen molar-refractivity contribution in [2.75, 3.05) is 13.2 Å². The second-order valence-corrected chi connectivity index (χ2v) is 4.61. The molecule has 0 atom stereocenters. The smallest absolute Gasteiger partial charge is 0.402 e. The lowest BCUT2D eigenvalue weighted by molar-refractivity contribution is -0.190. The molecule has 1 fully saturated rings. The fourth-order valence-electron chi connectivity index (χ4n) is 2.44. The zero-order valence-electron chi connectivity index (χ0n) is 11.3. The Kier molecular flexibility index (Phi) is 5.40. The quantitative estimate of drug-likeness (QED) is 0.553. The topological polar surface area (TPSA) is 52.6 Å². The summed E-state index contributed by atoms with van der Waals surface area (Å²) in [5.41, 5.74) is -1.54. The first-order chi connectivity index (χ1) is 8.90. The second kappa shape index (κ2) is 6.41. The molecule has 0 spiro atoms. The molecule has 0 radical (unpaired) electrons. The van der Waals surface area contributed by atoms with Gasteiger partial charge >= 0.3 is 11.9 Å². The van der Waals surface area contributed by atoms with Gasteiger partial charge in [0.1, 0.15) is 5.60 Å². The van der Waals surface area contributed by atoms with Crippen LogP contribution in [0, 0.1) is 0 Å². The van der Waals surface area contributed by atoms with Crippen LogP contribution in [0.25, 0.3) is 0 Å². The van der Waals surface area contributed by atoms with E-state index in [4.69, 9.17) is 4.74 Å². The predicted molar refractivity (Wildman–Crippen MR) is 64.0 cm³/mol. The molecule has 110 valence electrons. The number of rotatable bonds is 6. The van der Waals surface area contributed by atoms with E-state index in [1.165, 1.54) is 6.92 Å². The van der Waals surface area contributed by atoms with Gasteiger partial charge in [-0.1, -0.05) is 19.3 Å². The van der Waals surface area contributed by atoms with Crippen LogP contribution in [0.4, 0.5) is 8.78 Å². The average Bonchev–Trinajstić information content (AvgIpc) is 2.39. The van der Waals surface area contributed by atoms with Crippen LogP contribution >= 0.6 is 0 Å². The Hall–Kier alpha value is -1.04. The van der Waals surface area contributed by atoms with Gasteiger partial charge in [-0.3, -0.25) is 4.79 Å². The molecule has 1 aliphatic carbocycles. The van der Waals surface area contributed by atoms with E-state index in [1.807, 2.05) is 0 Å². The third-order valence-electron chi connectivity index (χ3n) is 3.31. The van der Waals surface area contributed by atoms with Gasteiger partial charge in [-0.05, 0) is 26.7 Å². The molecule has 1 aliphatic rings. The summed E-state index contributed by atoms with van der Waals surface area (Å²) in [6.07, 6.45) is 2.63. The van der Waals surface area contributed by atoms with Crippen LogP contribution in [-0.2, 0) is 19.1 Å². The summed E-state index contributed by atoms with van der Waals surface area (Å²) < 4.78 is 37.3. The highest BCUT2D eigenvalue weighted by atomic mass is 19.3. The normalized spacial score (nSPS) is 18.9. The van der Waals surface area contributed by atoms with Crippen molar-refractivity contribution >= 4 is 11.8 Å². The molecule has 6 heteroatoms. The van der Waals surface area contributed by atoms with Gasteiger partial charge in [-0.2, -0.15) is 8.78 Å². The second-order valence-electron chi connectivity index (χ2n) is 4.61. The standard InChI is InChI=1S/C13H20F2O4/c1-3-18-11(17)13(14,15)10(16)12(19-4-2)8-6-5-7-9-12/h3-9H2,1-2H3. The Balaban J connectivity index is 2.95. The molecule has 19 heavy (non-hydrogen) atoms. The van der Waals surface area contributed by atoms with Gasteiger partial charge in [0.25, 0.3) is 0 Å². The lowest BCUT2D eigenvalue weighted by atomic mass is 9.79. The SMILES string of the molecule is CCOC(=O)C(F)(F)C(=O)C1(OCC)CCCCC1. The number of carbonyl (C=O) groups excluding carboxylic acids is 2. The first-order valence-corrected chi connectivity index (χ1v) is 6.64. The highest BCUT2D eigenvalue weighted by Crippen LogP contribution is 2.37. The summed E-state index contributed by atoms with van der Waals surface area (Å²) in [6.45, 7) is 3.03. The molecular formula is C13H20F2O4. The fraction of sp³-hybridized carbons (Fsp3) is 0.846. The minimum absolute atomic E-state index is 0.157. The first kappa shape index (κ1) is 16.0. The molecule has 1 rings (SSSR count). The van der Waals surface area contributed by atoms with E-state index in [2.05, 4.69) is 4.74 Å². The number of carbonyl (C=O) groups is 2. The molecular weight excluding hydrogens is 258 g/mol. The number of Topliss-reactive ketones (excluding diaryl/α,β-unsaturated/α-hetero) is 1. The molecule has 0 aliphatic heterocycles. The molecule has 0 amide bonds. The van der Waals surface area contributed by atoms with Crippen molar-refractivity contribution < 1.29 is 27.8 Å². The number of ether oxygens (including phenoxy) is 2. The van der Waals surface area contributed by atoms with Gasteiger partial charge in [-0.15, -0.1) is 0 Å². The van der Waals surface area contributed by atoms with Gasteiger partial charge in [0.2, 0.25) is 5.78 Å². The van der Waals surface area contributed by atoms with Crippen molar-refractivity contribution in [3.05, 3.63) is 0 Å². The minimum atomic E-state index is -4.14. The number of hydrogen-bond donors (Lipinski definition) is 0. The van der Waals surface area contributed by atoms with E-state index < -0.39 is 23.3 Å². The number of halogens is 2. The van der Waals surface area contributed by atoms with Crippen LogP contribution in [0.5, 0.6) is 0 Å². The Bertz CT molecular complexity index is 330. The maximum absolute atomic E-state index is 13.8. The summed E-state index contributed by atoms with van der Waals surface area (Å²) in [7, 11) is 0. The van der Waals surface area contributed by atoms with Crippen molar-refractivity contribution in [3.63, 3.8) is 0 Å². The maximum Gasteiger partial charge on any atom is 0.402 e. The molecule has 0 aromatic carbocycles. The average molecular weight is 278 g/mol. The first-order valence-electron chi connectivity index (χ1n) is 6.64. The third kappa shape index (κ3) is 3.29. The Morgan fingerprint density at radius 3 is 2.16 bits per heavy atom. The summed E-state index contributed by atoms with van der Waals surface area (Å²) in [6, 6.07) is 0. The van der Waals surface area contributed by atoms with E-state index in [0.717, 1.165) is 6.42 Å². The Morgan fingerprint density at radius 2 is 1.68 bits per heavy atom. The van der Waals surface area contributed by atoms with Crippen molar-refractivity contribution in [2.45, 2.75) is 57.5 Å². The van der Waals surface area contributed by atoms with E-state index >= 15 is 0 Å². The summed E-state index contributed by atoms with van der Waals surface area (Å²) >= 11 is 0. The van der Waals surface area contributed by atoms with E-state index in [-0.39, 0.29) is 26.1 Å². The summed E-state index contributed by atoms with van der Waals surface area (Å²) in [4.78, 5) is 23.3. The molecule has 0 aromatic rings. The zero-order chi connectivity index (χ0) is 14.5. The van der Waals surface area contributed by atoms with Crippen molar-refractivity contribution in [3.8, 4) is 0 Å². The van der Waals surface area contributed by atoms with Gasteiger partial charge in [0, 0.05) is 6.61 Å². The molecule has 0 heterocycles. The van der Waals surface area contributed by atoms with Crippen LogP contribution in [-0.4, -0.2) is 36.5 Å². The van der Waals surface area contributed by atoms with E-state index in [0.29, 0.717) is 12.8 Å². The number of ketones is 1. The highest BCUT2D eigenvalue weighted by molar-refractivity contribution is 6.09. The molecule has 0 aromatic heterocycles. The van der Waals surface area contributed by atoms with Crippen LogP contribution in [0.2, 0.25) is 0 Å². The van der Waals surface area contributed by atoms with Gasteiger partial charge < -0.3 is 9.47 Å². The van der Waals surface area contributed by atoms with Gasteiger partial charge in [-0.25, -0.2) is 4.79 Å². The molecule has 0 N–H and O–H groups in total. The lowest BCUT2D eigenvalue weighted by Gasteiger charge is -2.36. The number of alkyl halides is 2. The summed E-state index contributed by atoms with van der Waals surface area (Å²) in [5.74, 6) is -7.38. The van der Waals surface area contributed by atoms with E-state index in [9.17, 15) is 18.4 Å². The third-order valence-corrected chi connectivity index (χ3v) is 3.31. The number of esters is 1. The Morgan fingerprint density at radius 1 is 1.11 bits per heavy atom. The molecule has 0 bridgehead atoms. The lowest BCUT2D eigenvalue weighted by Crippen LogP contribution is -2.55. The van der Waals surface area contributed by atoms with Crippen LogP contribution in [0.3, 0.4) is 0 Å². The maximum atomic E-state index is 13.8. The monoisotopic (exact) mass is 278 g/mol. The van der Waals surface area contributed by atoms with Crippen molar-refractivity contribution in [2.24, 2.45) is 0 Å². The van der Waals surface area contributed by atoms with Crippen LogP contribution in [0.1, 0.15) is 46.0 Å². The van der Waals surface area contributed by atoms with E-state index in [1.54, 1.807) is 6.92 Å². The number of hydrogen-bond acceptors (Lipinski definition) is 4.